The average Bonchev–Trinajstić information content (AvgIpc) is 3.37. The molecule has 3 heterocycles. The first-order chi connectivity index (χ1) is 16.9. The predicted molar refractivity (Wildman–Crippen MR) is 132 cm³/mol. The van der Waals surface area contributed by atoms with Gasteiger partial charge in [0.25, 0.3) is 0 Å². The molecule has 2 aliphatic rings. The van der Waals surface area contributed by atoms with Crippen molar-refractivity contribution < 1.29 is 23.9 Å². The number of β-lactam (4-membered cyclic amide) rings is 1. The molecule has 3 aromatic rings. The van der Waals surface area contributed by atoms with Gasteiger partial charge >= 0.3 is 5.97 Å². The molecule has 2 amide bonds. The number of amides is 2. The molecule has 0 spiro atoms. The zero-order chi connectivity index (χ0) is 24.4. The fourth-order valence-corrected chi connectivity index (χ4v) is 7.05. The standard InChI is InChI=1S/C25H23N3O5S2/c29-19(12-16-4-2-1-3-5-16)27-21-22(30)28-14-25(24(31)32,15-34-23(21)28)35-18-8-6-17(7-9-18)13-20-26-10-11-33-20/h1-11,21,23H,12-15H2,(H,27,29)(H,31,32)/t21-,23-,25?/m1/s1. The van der Waals surface area contributed by atoms with Gasteiger partial charge in [-0.15, -0.1) is 23.5 Å². The number of rotatable bonds is 8. The SMILES string of the molecule is O=C(Cc1ccccc1)N[C@@H]1C(=O)N2CC(Sc3ccc(Cc4ncco4)cc3)(C(=O)O)CS[C@H]12. The van der Waals surface area contributed by atoms with Gasteiger partial charge in [0.2, 0.25) is 11.8 Å². The van der Waals surface area contributed by atoms with Crippen LogP contribution in [0.1, 0.15) is 17.0 Å². The second-order valence-electron chi connectivity index (χ2n) is 8.52. The number of benzene rings is 2. The number of nitrogens with zero attached hydrogens (tertiary/aromatic N) is 2. The number of fused-ring (bicyclic) bond motifs is 1. The van der Waals surface area contributed by atoms with Crippen LogP contribution < -0.4 is 5.32 Å². The molecule has 2 aromatic carbocycles. The lowest BCUT2D eigenvalue weighted by Crippen LogP contribution is -2.74. The summed E-state index contributed by atoms with van der Waals surface area (Å²) in [6, 6.07) is 16.3. The summed E-state index contributed by atoms with van der Waals surface area (Å²) >= 11 is 2.66. The molecule has 2 fully saturated rings. The first-order valence-electron chi connectivity index (χ1n) is 11.1. The summed E-state index contributed by atoms with van der Waals surface area (Å²) in [7, 11) is 0. The number of thioether (sulfide) groups is 2. The van der Waals surface area contributed by atoms with Gasteiger partial charge in [-0.25, -0.2) is 4.98 Å². The van der Waals surface area contributed by atoms with E-state index in [1.165, 1.54) is 29.8 Å². The monoisotopic (exact) mass is 509 g/mol. The molecule has 0 bridgehead atoms. The van der Waals surface area contributed by atoms with Crippen LogP contribution >= 0.6 is 23.5 Å². The Labute approximate surface area is 210 Å². The van der Waals surface area contributed by atoms with Crippen LogP contribution in [-0.2, 0) is 27.2 Å². The van der Waals surface area contributed by atoms with Crippen molar-refractivity contribution in [3.8, 4) is 0 Å². The summed E-state index contributed by atoms with van der Waals surface area (Å²) in [5.41, 5.74) is 1.88. The number of nitrogens with one attached hydrogen (secondary N) is 1. The van der Waals surface area contributed by atoms with Gasteiger partial charge in [0.05, 0.1) is 12.6 Å². The molecule has 2 N–H and O–H groups in total. The maximum atomic E-state index is 12.8. The molecule has 3 atom stereocenters. The van der Waals surface area contributed by atoms with Crippen molar-refractivity contribution in [1.29, 1.82) is 0 Å². The third-order valence-corrected chi connectivity index (χ3v) is 9.10. The van der Waals surface area contributed by atoms with Crippen molar-refractivity contribution >= 4 is 41.3 Å². The van der Waals surface area contributed by atoms with E-state index in [-0.39, 0.29) is 30.2 Å². The maximum absolute atomic E-state index is 12.8. The van der Waals surface area contributed by atoms with E-state index >= 15 is 0 Å². The molecule has 35 heavy (non-hydrogen) atoms. The summed E-state index contributed by atoms with van der Waals surface area (Å²) in [6.45, 7) is 0.0899. The molecule has 0 radical (unpaired) electrons. The minimum Gasteiger partial charge on any atom is -0.480 e. The van der Waals surface area contributed by atoms with Gasteiger partial charge in [0, 0.05) is 23.6 Å². The van der Waals surface area contributed by atoms with E-state index in [0.717, 1.165) is 16.0 Å². The Morgan fingerprint density at radius 3 is 2.63 bits per heavy atom. The number of aromatic nitrogens is 1. The molecule has 1 unspecified atom stereocenters. The van der Waals surface area contributed by atoms with Crippen LogP contribution in [0, 0.1) is 0 Å². The second kappa shape index (κ2) is 9.79. The minimum absolute atomic E-state index is 0.0899. The molecule has 2 saturated heterocycles. The Morgan fingerprint density at radius 2 is 1.94 bits per heavy atom. The van der Waals surface area contributed by atoms with Crippen LogP contribution in [0.5, 0.6) is 0 Å². The number of carboxylic acid groups (broad SMARTS) is 1. The number of hydrogen-bond acceptors (Lipinski definition) is 7. The van der Waals surface area contributed by atoms with Crippen molar-refractivity contribution in [1.82, 2.24) is 15.2 Å². The van der Waals surface area contributed by atoms with E-state index in [1.807, 2.05) is 54.6 Å². The number of hydrogen-bond donors (Lipinski definition) is 2. The van der Waals surface area contributed by atoms with Crippen LogP contribution in [0.3, 0.4) is 0 Å². The lowest BCUT2D eigenvalue weighted by atomic mass is 10.0. The zero-order valence-electron chi connectivity index (χ0n) is 18.6. The molecule has 8 nitrogen and oxygen atoms in total. The van der Waals surface area contributed by atoms with E-state index < -0.39 is 16.8 Å². The lowest BCUT2D eigenvalue weighted by Gasteiger charge is -2.53. The van der Waals surface area contributed by atoms with Gasteiger partial charge < -0.3 is 19.7 Å². The Hall–Kier alpha value is -3.24. The van der Waals surface area contributed by atoms with E-state index in [2.05, 4.69) is 10.3 Å². The fraction of sp³-hybridized carbons (Fsp3) is 0.280. The molecule has 1 aromatic heterocycles. The Balaban J connectivity index is 1.21. The number of carbonyl (C=O) groups is 3. The largest absolute Gasteiger partial charge is 0.480 e. The molecule has 0 aliphatic carbocycles. The average molecular weight is 510 g/mol. The highest BCUT2D eigenvalue weighted by molar-refractivity contribution is 8.05. The summed E-state index contributed by atoms with van der Waals surface area (Å²) in [5, 5.41) is 12.7. The number of carbonyl (C=O) groups excluding carboxylic acids is 2. The van der Waals surface area contributed by atoms with E-state index in [9.17, 15) is 19.5 Å². The molecular formula is C25H23N3O5S2. The van der Waals surface area contributed by atoms with Gasteiger partial charge in [-0.1, -0.05) is 42.5 Å². The topological polar surface area (TPSA) is 113 Å². The highest BCUT2D eigenvalue weighted by Crippen LogP contribution is 2.46. The Kier molecular flexibility index (Phi) is 6.57. The first-order valence-corrected chi connectivity index (χ1v) is 13.0. The van der Waals surface area contributed by atoms with Crippen molar-refractivity contribution in [3.63, 3.8) is 0 Å². The van der Waals surface area contributed by atoms with Crippen LogP contribution in [-0.4, -0.2) is 61.2 Å². The Morgan fingerprint density at radius 1 is 1.17 bits per heavy atom. The van der Waals surface area contributed by atoms with Crippen LogP contribution in [0.25, 0.3) is 0 Å². The molecule has 10 heteroatoms. The van der Waals surface area contributed by atoms with Gasteiger partial charge in [-0.2, -0.15) is 0 Å². The predicted octanol–water partition coefficient (Wildman–Crippen LogP) is 2.82. The second-order valence-corrected chi connectivity index (χ2v) is 11.1. The zero-order valence-corrected chi connectivity index (χ0v) is 20.3. The molecular weight excluding hydrogens is 486 g/mol. The minimum atomic E-state index is -1.17. The smallest absolute Gasteiger partial charge is 0.322 e. The molecule has 0 saturated carbocycles. The maximum Gasteiger partial charge on any atom is 0.322 e. The number of carboxylic acids is 1. The van der Waals surface area contributed by atoms with Gasteiger partial charge in [-0.3, -0.25) is 14.4 Å². The van der Waals surface area contributed by atoms with Crippen molar-refractivity contribution in [2.45, 2.75) is 33.9 Å². The van der Waals surface area contributed by atoms with Crippen molar-refractivity contribution in [2.75, 3.05) is 12.3 Å². The van der Waals surface area contributed by atoms with Gasteiger partial charge in [0.1, 0.15) is 22.4 Å². The van der Waals surface area contributed by atoms with Crippen LogP contribution in [0.4, 0.5) is 0 Å². The van der Waals surface area contributed by atoms with Crippen molar-refractivity contribution in [2.24, 2.45) is 0 Å². The van der Waals surface area contributed by atoms with Gasteiger partial charge in [-0.05, 0) is 23.3 Å². The van der Waals surface area contributed by atoms with Gasteiger partial charge in [0.15, 0.2) is 5.89 Å². The summed E-state index contributed by atoms with van der Waals surface area (Å²) in [5.74, 6) is -0.476. The summed E-state index contributed by atoms with van der Waals surface area (Å²) in [6.07, 6.45) is 3.88. The first kappa shape index (κ1) is 23.5. The normalized spacial score (nSPS) is 23.3. The molecule has 5 rings (SSSR count). The lowest BCUT2D eigenvalue weighted by molar-refractivity contribution is -0.152. The fourth-order valence-electron chi connectivity index (χ4n) is 4.21. The number of oxazole rings is 1. The quantitative estimate of drug-likeness (QED) is 0.446. The van der Waals surface area contributed by atoms with E-state index in [4.69, 9.17) is 4.42 Å². The third-order valence-electron chi connectivity index (χ3n) is 6.04. The summed E-state index contributed by atoms with van der Waals surface area (Å²) < 4.78 is 4.11. The molecule has 180 valence electrons. The highest BCUT2D eigenvalue weighted by Gasteiger charge is 2.57. The third kappa shape index (κ3) is 4.94. The Bertz CT molecular complexity index is 1220. The summed E-state index contributed by atoms with van der Waals surface area (Å²) in [4.78, 5) is 44.1. The van der Waals surface area contributed by atoms with E-state index in [0.29, 0.717) is 18.1 Å². The number of aliphatic carboxylic acids is 1. The van der Waals surface area contributed by atoms with Crippen molar-refractivity contribution in [3.05, 3.63) is 84.1 Å². The highest BCUT2D eigenvalue weighted by atomic mass is 32.2. The molecule has 2 aliphatic heterocycles. The van der Waals surface area contributed by atoms with Crippen LogP contribution in [0.2, 0.25) is 0 Å². The van der Waals surface area contributed by atoms with Crippen LogP contribution in [0.15, 0.2) is 76.4 Å². The van der Waals surface area contributed by atoms with E-state index in [1.54, 1.807) is 11.1 Å².